The molecule has 0 amide bonds. The van der Waals surface area contributed by atoms with Crippen LogP contribution in [0.3, 0.4) is 0 Å². The maximum Gasteiger partial charge on any atom is 0.573 e. The first-order valence-electron chi connectivity index (χ1n) is 3.33. The second-order valence-electron chi connectivity index (χ2n) is 2.39. The van der Waals surface area contributed by atoms with Gasteiger partial charge in [0, 0.05) is 12.1 Å². The SMILES string of the molecule is Nc1cc(OC(F)(F)F)cc(F)c1S. The number of rotatable bonds is 1. The minimum atomic E-state index is -4.86. The average molecular weight is 227 g/mol. The highest BCUT2D eigenvalue weighted by molar-refractivity contribution is 7.80. The van der Waals surface area contributed by atoms with Crippen LogP contribution >= 0.6 is 12.6 Å². The predicted octanol–water partition coefficient (Wildman–Crippen LogP) is 2.60. The van der Waals surface area contributed by atoms with Crippen LogP contribution in [0.5, 0.6) is 5.75 Å². The molecular formula is C7H5F4NOS. The molecule has 0 heterocycles. The molecule has 2 nitrogen and oxygen atoms in total. The normalized spacial score (nSPS) is 11.5. The molecule has 0 aliphatic rings. The summed E-state index contributed by atoms with van der Waals surface area (Å²) in [6.07, 6.45) is -4.86. The molecule has 1 rings (SSSR count). The van der Waals surface area contributed by atoms with E-state index in [1.165, 1.54) is 0 Å². The fourth-order valence-corrected chi connectivity index (χ4v) is 0.916. The maximum atomic E-state index is 12.8. The zero-order valence-electron chi connectivity index (χ0n) is 6.60. The summed E-state index contributed by atoms with van der Waals surface area (Å²) in [6.45, 7) is 0. The van der Waals surface area contributed by atoms with Gasteiger partial charge in [0.15, 0.2) is 0 Å². The molecule has 0 bridgehead atoms. The van der Waals surface area contributed by atoms with Crippen LogP contribution in [0.25, 0.3) is 0 Å². The third-order valence-electron chi connectivity index (χ3n) is 1.30. The van der Waals surface area contributed by atoms with Gasteiger partial charge in [-0.1, -0.05) is 0 Å². The predicted molar refractivity (Wildman–Crippen MR) is 44.7 cm³/mol. The summed E-state index contributed by atoms with van der Waals surface area (Å²) < 4.78 is 51.4. The van der Waals surface area contributed by atoms with E-state index in [-0.39, 0.29) is 10.6 Å². The molecule has 0 aromatic heterocycles. The number of hydrogen-bond donors (Lipinski definition) is 2. The number of hydrogen-bond acceptors (Lipinski definition) is 3. The number of nitrogens with two attached hydrogens (primary N) is 1. The van der Waals surface area contributed by atoms with Crippen molar-refractivity contribution in [3.8, 4) is 5.75 Å². The average Bonchev–Trinajstić information content (AvgIpc) is 1.96. The Morgan fingerprint density at radius 2 is 1.86 bits per heavy atom. The van der Waals surface area contributed by atoms with Crippen molar-refractivity contribution in [2.75, 3.05) is 5.73 Å². The standard InChI is InChI=1S/C7H5F4NOS/c8-4-1-3(13-7(9,10)11)2-5(12)6(4)14/h1-2,14H,12H2. The molecule has 0 saturated heterocycles. The van der Waals surface area contributed by atoms with Gasteiger partial charge in [0.1, 0.15) is 11.6 Å². The molecule has 0 unspecified atom stereocenters. The van der Waals surface area contributed by atoms with Crippen molar-refractivity contribution in [1.82, 2.24) is 0 Å². The first-order valence-corrected chi connectivity index (χ1v) is 3.78. The summed E-state index contributed by atoms with van der Waals surface area (Å²) in [6, 6.07) is 1.41. The van der Waals surface area contributed by atoms with E-state index in [1.54, 1.807) is 0 Å². The molecule has 0 spiro atoms. The minimum Gasteiger partial charge on any atom is -0.406 e. The van der Waals surface area contributed by atoms with E-state index >= 15 is 0 Å². The Balaban J connectivity index is 3.02. The fraction of sp³-hybridized carbons (Fsp3) is 0.143. The van der Waals surface area contributed by atoms with Gasteiger partial charge >= 0.3 is 6.36 Å². The molecule has 14 heavy (non-hydrogen) atoms. The van der Waals surface area contributed by atoms with Crippen LogP contribution < -0.4 is 10.5 Å². The summed E-state index contributed by atoms with van der Waals surface area (Å²) in [5.74, 6) is -1.67. The van der Waals surface area contributed by atoms with Gasteiger partial charge < -0.3 is 10.5 Å². The highest BCUT2D eigenvalue weighted by Gasteiger charge is 2.31. The zero-order chi connectivity index (χ0) is 10.9. The number of anilines is 1. The molecule has 0 saturated carbocycles. The number of benzene rings is 1. The lowest BCUT2D eigenvalue weighted by molar-refractivity contribution is -0.274. The van der Waals surface area contributed by atoms with Crippen LogP contribution in [0.15, 0.2) is 17.0 Å². The van der Waals surface area contributed by atoms with Crippen LogP contribution in [0, 0.1) is 5.82 Å². The second kappa shape index (κ2) is 3.56. The highest BCUT2D eigenvalue weighted by atomic mass is 32.1. The van der Waals surface area contributed by atoms with E-state index in [4.69, 9.17) is 5.73 Å². The molecule has 0 aliphatic heterocycles. The molecule has 1 aromatic rings. The van der Waals surface area contributed by atoms with Crippen molar-refractivity contribution in [1.29, 1.82) is 0 Å². The van der Waals surface area contributed by atoms with E-state index in [0.29, 0.717) is 6.07 Å². The highest BCUT2D eigenvalue weighted by Crippen LogP contribution is 2.29. The van der Waals surface area contributed by atoms with Gasteiger partial charge in [0.05, 0.1) is 10.6 Å². The summed E-state index contributed by atoms with van der Waals surface area (Å²) >= 11 is 3.63. The van der Waals surface area contributed by atoms with Crippen molar-refractivity contribution in [3.63, 3.8) is 0 Å². The Labute approximate surface area is 82.1 Å². The lowest BCUT2D eigenvalue weighted by Gasteiger charge is -2.10. The largest absolute Gasteiger partial charge is 0.573 e. The summed E-state index contributed by atoms with van der Waals surface area (Å²) in [5, 5.41) is 0. The molecule has 78 valence electrons. The lowest BCUT2D eigenvalue weighted by Crippen LogP contribution is -2.17. The molecular weight excluding hydrogens is 222 g/mol. The molecule has 0 radical (unpaired) electrons. The minimum absolute atomic E-state index is 0.209. The van der Waals surface area contributed by atoms with Gasteiger partial charge in [-0.05, 0) is 0 Å². The molecule has 0 atom stereocenters. The number of halogens is 4. The van der Waals surface area contributed by atoms with Gasteiger partial charge in [-0.2, -0.15) is 0 Å². The smallest absolute Gasteiger partial charge is 0.406 e. The molecule has 1 aromatic carbocycles. The second-order valence-corrected chi connectivity index (χ2v) is 2.84. The Morgan fingerprint density at radius 3 is 2.29 bits per heavy atom. The number of ether oxygens (including phenoxy) is 1. The Hall–Kier alpha value is -1.11. The van der Waals surface area contributed by atoms with Crippen molar-refractivity contribution < 1.29 is 22.3 Å². The van der Waals surface area contributed by atoms with Crippen molar-refractivity contribution in [3.05, 3.63) is 17.9 Å². The third-order valence-corrected chi connectivity index (χ3v) is 1.77. The van der Waals surface area contributed by atoms with E-state index < -0.39 is 17.9 Å². The first-order chi connectivity index (χ1) is 6.29. The monoisotopic (exact) mass is 227 g/mol. The van der Waals surface area contributed by atoms with Gasteiger partial charge in [-0.25, -0.2) is 4.39 Å². The summed E-state index contributed by atoms with van der Waals surface area (Å²) in [5.41, 5.74) is 4.96. The van der Waals surface area contributed by atoms with E-state index in [1.807, 2.05) is 0 Å². The lowest BCUT2D eigenvalue weighted by atomic mass is 10.3. The Bertz CT molecular complexity index is 329. The van der Waals surface area contributed by atoms with Crippen LogP contribution in [0.4, 0.5) is 23.2 Å². The fourth-order valence-electron chi connectivity index (χ4n) is 0.787. The van der Waals surface area contributed by atoms with Crippen LogP contribution in [-0.2, 0) is 0 Å². The number of alkyl halides is 3. The zero-order valence-corrected chi connectivity index (χ0v) is 7.49. The van der Waals surface area contributed by atoms with E-state index in [9.17, 15) is 17.6 Å². The van der Waals surface area contributed by atoms with Crippen molar-refractivity contribution in [2.45, 2.75) is 11.3 Å². The van der Waals surface area contributed by atoms with Crippen LogP contribution in [0.2, 0.25) is 0 Å². The van der Waals surface area contributed by atoms with Crippen LogP contribution in [0.1, 0.15) is 0 Å². The van der Waals surface area contributed by atoms with E-state index in [0.717, 1.165) is 6.07 Å². The van der Waals surface area contributed by atoms with Crippen molar-refractivity contribution in [2.24, 2.45) is 0 Å². The molecule has 7 heteroatoms. The maximum absolute atomic E-state index is 12.8. The molecule has 0 aliphatic carbocycles. The Kier molecular flexibility index (Phi) is 2.79. The van der Waals surface area contributed by atoms with Gasteiger partial charge in [0.25, 0.3) is 0 Å². The summed E-state index contributed by atoms with van der Waals surface area (Å²) in [7, 11) is 0. The van der Waals surface area contributed by atoms with Crippen molar-refractivity contribution >= 4 is 18.3 Å². The summed E-state index contributed by atoms with van der Waals surface area (Å²) in [4.78, 5) is -0.209. The Morgan fingerprint density at radius 1 is 1.29 bits per heavy atom. The van der Waals surface area contributed by atoms with E-state index in [2.05, 4.69) is 17.4 Å². The molecule has 0 fully saturated rings. The van der Waals surface area contributed by atoms with Crippen LogP contribution in [-0.4, -0.2) is 6.36 Å². The molecule has 2 N–H and O–H groups in total. The van der Waals surface area contributed by atoms with Gasteiger partial charge in [-0.3, -0.25) is 0 Å². The quantitative estimate of drug-likeness (QED) is 0.439. The topological polar surface area (TPSA) is 35.2 Å². The van der Waals surface area contributed by atoms with Gasteiger partial charge in [-0.15, -0.1) is 25.8 Å². The third kappa shape index (κ3) is 2.69. The first kappa shape index (κ1) is 11.0. The number of thiol groups is 1. The van der Waals surface area contributed by atoms with Gasteiger partial charge in [0.2, 0.25) is 0 Å². The number of nitrogen functional groups attached to an aromatic ring is 1.